The number of non-ortho nitro benzene ring substituents is 1. The van der Waals surface area contributed by atoms with Crippen LogP contribution in [0.25, 0.3) is 0 Å². The Morgan fingerprint density at radius 1 is 1.43 bits per heavy atom. The lowest BCUT2D eigenvalue weighted by Crippen LogP contribution is -2.32. The first-order valence-corrected chi connectivity index (χ1v) is 7.45. The van der Waals surface area contributed by atoms with Gasteiger partial charge in [-0.15, -0.1) is 0 Å². The topological polar surface area (TPSA) is 102 Å². The van der Waals surface area contributed by atoms with E-state index in [2.05, 4.69) is 15.7 Å². The molecule has 2 heterocycles. The Hall–Kier alpha value is -2.74. The summed E-state index contributed by atoms with van der Waals surface area (Å²) in [4.78, 5) is 22.5. The monoisotopic (exact) mass is 315 g/mol. The van der Waals surface area contributed by atoms with E-state index >= 15 is 0 Å². The van der Waals surface area contributed by atoms with Gasteiger partial charge in [0.05, 0.1) is 11.0 Å². The lowest BCUT2D eigenvalue weighted by Gasteiger charge is -2.22. The zero-order chi connectivity index (χ0) is 16.2. The molecule has 1 aromatic carbocycles. The van der Waals surface area contributed by atoms with Crippen molar-refractivity contribution in [3.63, 3.8) is 0 Å². The van der Waals surface area contributed by atoms with Crippen LogP contribution in [0.15, 0.2) is 36.5 Å². The molecule has 0 radical (unpaired) electrons. The third-order valence-electron chi connectivity index (χ3n) is 3.80. The number of nitro groups is 1. The number of carbonyl (C=O) groups is 1. The summed E-state index contributed by atoms with van der Waals surface area (Å²) in [6.07, 6.45) is 3.90. The number of rotatable bonds is 4. The Bertz CT molecular complexity index is 721. The van der Waals surface area contributed by atoms with Gasteiger partial charge in [0.15, 0.2) is 5.69 Å². The van der Waals surface area contributed by atoms with Crippen molar-refractivity contribution in [3.05, 3.63) is 52.3 Å². The number of hydrogen-bond acceptors (Lipinski definition) is 5. The van der Waals surface area contributed by atoms with Crippen LogP contribution in [0.5, 0.6) is 0 Å². The van der Waals surface area contributed by atoms with Crippen LogP contribution in [0.3, 0.4) is 0 Å². The molecule has 1 aliphatic rings. The van der Waals surface area contributed by atoms with E-state index < -0.39 is 4.92 Å². The van der Waals surface area contributed by atoms with Crippen LogP contribution in [-0.2, 0) is 0 Å². The van der Waals surface area contributed by atoms with Gasteiger partial charge in [-0.2, -0.15) is 5.10 Å². The molecular weight excluding hydrogens is 298 g/mol. The molecule has 23 heavy (non-hydrogen) atoms. The summed E-state index contributed by atoms with van der Waals surface area (Å²) in [5.74, 6) is -0.381. The fraction of sp³-hybridized carbons (Fsp3) is 0.333. The van der Waals surface area contributed by atoms with Crippen LogP contribution in [-0.4, -0.2) is 33.7 Å². The van der Waals surface area contributed by atoms with Gasteiger partial charge in [0.2, 0.25) is 0 Å². The first-order valence-electron chi connectivity index (χ1n) is 7.45. The zero-order valence-corrected chi connectivity index (χ0v) is 12.4. The molecule has 2 N–H and O–H groups in total. The van der Waals surface area contributed by atoms with E-state index in [1.165, 1.54) is 18.2 Å². The van der Waals surface area contributed by atoms with Crippen molar-refractivity contribution in [1.29, 1.82) is 0 Å². The van der Waals surface area contributed by atoms with Crippen molar-refractivity contribution < 1.29 is 9.72 Å². The lowest BCUT2D eigenvalue weighted by atomic mass is 10.1. The minimum absolute atomic E-state index is 0.0680. The number of aromatic nitrogens is 2. The van der Waals surface area contributed by atoms with Gasteiger partial charge >= 0.3 is 0 Å². The second-order valence-corrected chi connectivity index (χ2v) is 5.44. The molecule has 1 aromatic heterocycles. The summed E-state index contributed by atoms with van der Waals surface area (Å²) in [5, 5.41) is 21.0. The normalized spacial score (nSPS) is 17.7. The summed E-state index contributed by atoms with van der Waals surface area (Å²) in [6, 6.07) is 7.73. The molecule has 2 aromatic rings. The van der Waals surface area contributed by atoms with Crippen molar-refractivity contribution >= 4 is 17.3 Å². The molecule has 1 atom stereocenters. The highest BCUT2D eigenvalue weighted by atomic mass is 16.6. The third kappa shape index (κ3) is 3.54. The highest BCUT2D eigenvalue weighted by molar-refractivity contribution is 6.02. The highest BCUT2D eigenvalue weighted by Gasteiger charge is 2.18. The number of carbonyl (C=O) groups excluding carboxylic acids is 1. The van der Waals surface area contributed by atoms with E-state index in [1.807, 2.05) is 0 Å². The summed E-state index contributed by atoms with van der Waals surface area (Å²) in [6.45, 7) is 1.85. The van der Waals surface area contributed by atoms with Gasteiger partial charge in [-0.25, -0.2) is 0 Å². The SMILES string of the molecule is O=C(Nc1cccc([N+](=O)[O-])c1)c1ccn(C2CCCNC2)n1. The standard InChI is InChI=1S/C15H17N5O3/c21-15(17-11-3-1-4-12(9-11)20(22)23)14-6-8-19(18-14)13-5-2-7-16-10-13/h1,3-4,6,8-9,13,16H,2,5,7,10H2,(H,17,21). The molecule has 1 aliphatic heterocycles. The highest BCUT2D eigenvalue weighted by Crippen LogP contribution is 2.19. The van der Waals surface area contributed by atoms with Crippen LogP contribution < -0.4 is 10.6 Å². The largest absolute Gasteiger partial charge is 0.320 e. The Morgan fingerprint density at radius 3 is 3.04 bits per heavy atom. The van der Waals surface area contributed by atoms with E-state index in [9.17, 15) is 14.9 Å². The maximum Gasteiger partial charge on any atom is 0.276 e. The van der Waals surface area contributed by atoms with E-state index in [0.717, 1.165) is 25.9 Å². The number of nitrogens with zero attached hydrogens (tertiary/aromatic N) is 3. The van der Waals surface area contributed by atoms with Gasteiger partial charge in [-0.05, 0) is 31.5 Å². The Kier molecular flexibility index (Phi) is 4.33. The molecule has 0 saturated carbocycles. The van der Waals surface area contributed by atoms with Gasteiger partial charge in [0, 0.05) is 30.6 Å². The molecule has 8 heteroatoms. The van der Waals surface area contributed by atoms with E-state index in [4.69, 9.17) is 0 Å². The van der Waals surface area contributed by atoms with E-state index in [1.54, 1.807) is 23.0 Å². The number of nitrogens with one attached hydrogen (secondary N) is 2. The van der Waals surface area contributed by atoms with Crippen LogP contribution in [0.1, 0.15) is 29.4 Å². The van der Waals surface area contributed by atoms with Crippen LogP contribution in [0.2, 0.25) is 0 Å². The number of benzene rings is 1. The quantitative estimate of drug-likeness (QED) is 0.663. The summed E-state index contributed by atoms with van der Waals surface area (Å²) in [7, 11) is 0. The second-order valence-electron chi connectivity index (χ2n) is 5.44. The number of hydrogen-bond donors (Lipinski definition) is 2. The van der Waals surface area contributed by atoms with Crippen LogP contribution in [0.4, 0.5) is 11.4 Å². The Labute approximate surface area is 132 Å². The van der Waals surface area contributed by atoms with Crippen molar-refractivity contribution in [3.8, 4) is 0 Å². The Balaban J connectivity index is 1.70. The van der Waals surface area contributed by atoms with Gasteiger partial charge in [-0.1, -0.05) is 6.07 Å². The molecule has 1 amide bonds. The smallest absolute Gasteiger partial charge is 0.276 e. The molecule has 0 spiro atoms. The average molecular weight is 315 g/mol. The van der Waals surface area contributed by atoms with Gasteiger partial charge < -0.3 is 10.6 Å². The molecular formula is C15H17N5O3. The molecule has 3 rings (SSSR count). The molecule has 120 valence electrons. The summed E-state index contributed by atoms with van der Waals surface area (Å²) in [5.41, 5.74) is 0.599. The van der Waals surface area contributed by atoms with E-state index in [0.29, 0.717) is 11.4 Å². The number of piperidine rings is 1. The van der Waals surface area contributed by atoms with Gasteiger partial charge in [0.25, 0.3) is 11.6 Å². The Morgan fingerprint density at radius 2 is 2.30 bits per heavy atom. The van der Waals surface area contributed by atoms with Crippen LogP contribution in [0, 0.1) is 10.1 Å². The van der Waals surface area contributed by atoms with Crippen molar-refractivity contribution in [2.24, 2.45) is 0 Å². The predicted molar refractivity (Wildman–Crippen MR) is 84.4 cm³/mol. The van der Waals surface area contributed by atoms with Gasteiger partial charge in [-0.3, -0.25) is 19.6 Å². The second kappa shape index (κ2) is 6.57. The zero-order valence-electron chi connectivity index (χ0n) is 12.4. The summed E-state index contributed by atoms with van der Waals surface area (Å²) < 4.78 is 1.80. The fourth-order valence-electron chi connectivity index (χ4n) is 2.61. The predicted octanol–water partition coefficient (Wildman–Crippen LogP) is 1.97. The minimum Gasteiger partial charge on any atom is -0.320 e. The fourth-order valence-corrected chi connectivity index (χ4v) is 2.61. The van der Waals surface area contributed by atoms with Crippen molar-refractivity contribution in [1.82, 2.24) is 15.1 Å². The number of nitro benzene ring substituents is 1. The summed E-state index contributed by atoms with van der Waals surface area (Å²) >= 11 is 0. The first-order chi connectivity index (χ1) is 11.1. The lowest BCUT2D eigenvalue weighted by molar-refractivity contribution is -0.384. The molecule has 1 saturated heterocycles. The number of amides is 1. The van der Waals surface area contributed by atoms with E-state index in [-0.39, 0.29) is 17.6 Å². The molecule has 0 bridgehead atoms. The van der Waals surface area contributed by atoms with Crippen LogP contribution >= 0.6 is 0 Å². The molecule has 1 fully saturated rings. The maximum atomic E-state index is 12.2. The molecule has 1 unspecified atom stereocenters. The van der Waals surface area contributed by atoms with Crippen molar-refractivity contribution in [2.45, 2.75) is 18.9 Å². The average Bonchev–Trinajstić information content (AvgIpc) is 3.06. The maximum absolute atomic E-state index is 12.2. The number of anilines is 1. The van der Waals surface area contributed by atoms with Gasteiger partial charge in [0.1, 0.15) is 0 Å². The first kappa shape index (κ1) is 15.2. The minimum atomic E-state index is -0.500. The molecule has 8 nitrogen and oxygen atoms in total. The third-order valence-corrected chi connectivity index (χ3v) is 3.80. The van der Waals surface area contributed by atoms with Crippen molar-refractivity contribution in [2.75, 3.05) is 18.4 Å². The molecule has 0 aliphatic carbocycles.